The lowest BCUT2D eigenvalue weighted by Crippen LogP contribution is -1.82. The van der Waals surface area contributed by atoms with Gasteiger partial charge >= 0.3 is 0 Å². The molecule has 1 aliphatic carbocycles. The molecule has 0 heterocycles. The average Bonchev–Trinajstić information content (AvgIpc) is 2.39. The standard InChI is InChI=1S/C17H12/c1-13-7-8-17-12-16(10-9-15(17)11-13)14-5-3-2-4-6-14/h2-3,5,7-12H,1H3. The Morgan fingerprint density at radius 3 is 2.59 bits per heavy atom. The molecular formula is C17H12. The maximum absolute atomic E-state index is 3.14. The second-order valence-electron chi connectivity index (χ2n) is 4.27. The summed E-state index contributed by atoms with van der Waals surface area (Å²) in [5.41, 5.74) is 9.71. The Bertz CT molecular complexity index is 717. The highest BCUT2D eigenvalue weighted by Crippen LogP contribution is 2.23. The first-order chi connectivity index (χ1) is 8.33. The van der Waals surface area contributed by atoms with Crippen LogP contribution < -0.4 is 0 Å². The molecule has 0 nitrogen and oxygen atoms in total. The van der Waals surface area contributed by atoms with Crippen LogP contribution >= 0.6 is 0 Å². The number of fused-ring (bicyclic) bond motifs is 1. The molecule has 2 aromatic carbocycles. The lowest BCUT2D eigenvalue weighted by atomic mass is 10.00. The van der Waals surface area contributed by atoms with Crippen LogP contribution in [0.1, 0.15) is 11.1 Å². The summed E-state index contributed by atoms with van der Waals surface area (Å²) >= 11 is 0. The molecule has 0 N–H and O–H groups in total. The van der Waals surface area contributed by atoms with Crippen LogP contribution in [0.5, 0.6) is 0 Å². The molecule has 1 aliphatic rings. The molecule has 0 saturated carbocycles. The summed E-state index contributed by atoms with van der Waals surface area (Å²) in [5, 5.41) is 2.55. The van der Waals surface area contributed by atoms with Crippen molar-refractivity contribution in [2.45, 2.75) is 6.92 Å². The summed E-state index contributed by atoms with van der Waals surface area (Å²) in [5.74, 6) is 0. The third-order valence-electron chi connectivity index (χ3n) is 2.96. The first kappa shape index (κ1) is 9.93. The van der Waals surface area contributed by atoms with Gasteiger partial charge in [0.1, 0.15) is 0 Å². The molecule has 0 spiro atoms. The summed E-state index contributed by atoms with van der Waals surface area (Å²) in [7, 11) is 0. The van der Waals surface area contributed by atoms with E-state index < -0.39 is 0 Å². The van der Waals surface area contributed by atoms with Crippen molar-refractivity contribution in [1.29, 1.82) is 0 Å². The SMILES string of the molecule is Cc1ccc2cc(C3=C=C=CC=C3)ccc2c1. The number of aryl methyl sites for hydroxylation is 1. The summed E-state index contributed by atoms with van der Waals surface area (Å²) < 4.78 is 0. The number of rotatable bonds is 1. The van der Waals surface area contributed by atoms with Crippen LogP contribution in [0.4, 0.5) is 0 Å². The zero-order valence-electron chi connectivity index (χ0n) is 9.70. The quantitative estimate of drug-likeness (QED) is 0.619. The number of benzene rings is 2. The normalized spacial score (nSPS) is 13.1. The van der Waals surface area contributed by atoms with Crippen molar-refractivity contribution in [2.24, 2.45) is 0 Å². The van der Waals surface area contributed by atoms with E-state index in [0.29, 0.717) is 0 Å². The molecular weight excluding hydrogens is 204 g/mol. The van der Waals surface area contributed by atoms with Crippen LogP contribution in [0.25, 0.3) is 16.3 Å². The van der Waals surface area contributed by atoms with Crippen molar-refractivity contribution >= 4 is 16.3 Å². The number of hydrogen-bond acceptors (Lipinski definition) is 0. The van der Waals surface area contributed by atoms with E-state index in [2.05, 4.69) is 60.9 Å². The molecule has 0 amide bonds. The van der Waals surface area contributed by atoms with Crippen molar-refractivity contribution in [3.05, 3.63) is 77.2 Å². The largest absolute Gasteiger partial charge is 0.0696 e. The van der Waals surface area contributed by atoms with Crippen molar-refractivity contribution in [1.82, 2.24) is 0 Å². The molecule has 2 aromatic rings. The van der Waals surface area contributed by atoms with E-state index in [1.54, 1.807) is 0 Å². The predicted octanol–water partition coefficient (Wildman–Crippen LogP) is 4.41. The average molecular weight is 216 g/mol. The summed E-state index contributed by atoms with van der Waals surface area (Å²) in [6.07, 6.45) is 5.92. The van der Waals surface area contributed by atoms with Gasteiger partial charge in [-0.1, -0.05) is 53.4 Å². The summed E-state index contributed by atoms with van der Waals surface area (Å²) in [4.78, 5) is 0. The van der Waals surface area contributed by atoms with Gasteiger partial charge in [0.05, 0.1) is 0 Å². The van der Waals surface area contributed by atoms with Gasteiger partial charge in [-0.3, -0.25) is 0 Å². The van der Waals surface area contributed by atoms with Gasteiger partial charge < -0.3 is 0 Å². The molecule has 0 atom stereocenters. The summed E-state index contributed by atoms with van der Waals surface area (Å²) in [6, 6.07) is 13.0. The molecule has 0 heteroatoms. The zero-order chi connectivity index (χ0) is 11.7. The fraction of sp³-hybridized carbons (Fsp3) is 0.0588. The molecule has 0 aliphatic heterocycles. The molecule has 0 saturated heterocycles. The molecule has 0 bridgehead atoms. The molecule has 3 rings (SSSR count). The van der Waals surface area contributed by atoms with Crippen LogP contribution in [0.2, 0.25) is 0 Å². The van der Waals surface area contributed by atoms with E-state index in [-0.39, 0.29) is 0 Å². The van der Waals surface area contributed by atoms with Gasteiger partial charge in [-0.15, -0.1) is 0 Å². The highest BCUT2D eigenvalue weighted by atomic mass is 14.0. The van der Waals surface area contributed by atoms with E-state index in [1.165, 1.54) is 21.9 Å². The van der Waals surface area contributed by atoms with Crippen molar-refractivity contribution < 1.29 is 0 Å². The van der Waals surface area contributed by atoms with Crippen molar-refractivity contribution in [2.75, 3.05) is 0 Å². The topological polar surface area (TPSA) is 0 Å². The Balaban J connectivity index is 2.21. The monoisotopic (exact) mass is 216 g/mol. The third-order valence-corrected chi connectivity index (χ3v) is 2.96. The van der Waals surface area contributed by atoms with Crippen LogP contribution in [-0.4, -0.2) is 0 Å². The second kappa shape index (κ2) is 3.96. The van der Waals surface area contributed by atoms with Gasteiger partial charge in [0.2, 0.25) is 0 Å². The first-order valence-electron chi connectivity index (χ1n) is 5.72. The van der Waals surface area contributed by atoms with Gasteiger partial charge in [-0.2, -0.15) is 0 Å². The van der Waals surface area contributed by atoms with Crippen LogP contribution in [0.3, 0.4) is 0 Å². The molecule has 0 radical (unpaired) electrons. The van der Waals surface area contributed by atoms with Gasteiger partial charge in [0, 0.05) is 5.57 Å². The minimum Gasteiger partial charge on any atom is -0.0696 e. The minimum absolute atomic E-state index is 1.09. The number of hydrogen-bond donors (Lipinski definition) is 0. The van der Waals surface area contributed by atoms with E-state index >= 15 is 0 Å². The van der Waals surface area contributed by atoms with Gasteiger partial charge in [-0.25, -0.2) is 0 Å². The Kier molecular flexibility index (Phi) is 2.31. The van der Waals surface area contributed by atoms with Crippen LogP contribution in [-0.2, 0) is 0 Å². The van der Waals surface area contributed by atoms with Crippen LogP contribution in [0, 0.1) is 6.92 Å². The van der Waals surface area contributed by atoms with E-state index in [1.807, 2.05) is 12.2 Å². The smallest absolute Gasteiger partial charge is 0.0321 e. The van der Waals surface area contributed by atoms with Gasteiger partial charge in [0.25, 0.3) is 0 Å². The maximum atomic E-state index is 3.14. The van der Waals surface area contributed by atoms with E-state index in [0.717, 1.165) is 5.57 Å². The fourth-order valence-corrected chi connectivity index (χ4v) is 2.05. The lowest BCUT2D eigenvalue weighted by Gasteiger charge is -2.04. The molecule has 0 fully saturated rings. The highest BCUT2D eigenvalue weighted by Gasteiger charge is 2.00. The maximum Gasteiger partial charge on any atom is 0.0321 e. The van der Waals surface area contributed by atoms with E-state index in [4.69, 9.17) is 0 Å². The Hall–Kier alpha value is -2.26. The lowest BCUT2D eigenvalue weighted by molar-refractivity contribution is 1.50. The molecule has 0 aromatic heterocycles. The minimum atomic E-state index is 1.09. The highest BCUT2D eigenvalue weighted by molar-refractivity contribution is 5.88. The number of allylic oxidation sites excluding steroid dienone is 4. The first-order valence-corrected chi connectivity index (χ1v) is 5.72. The second-order valence-corrected chi connectivity index (χ2v) is 4.27. The third kappa shape index (κ3) is 1.88. The van der Waals surface area contributed by atoms with Crippen molar-refractivity contribution in [3.8, 4) is 0 Å². The van der Waals surface area contributed by atoms with Crippen LogP contribution in [0.15, 0.2) is 66.1 Å². The molecule has 0 unspecified atom stereocenters. The molecule has 17 heavy (non-hydrogen) atoms. The zero-order valence-corrected chi connectivity index (χ0v) is 9.70. The van der Waals surface area contributed by atoms with Crippen molar-refractivity contribution in [3.63, 3.8) is 0 Å². The molecule has 80 valence electrons. The van der Waals surface area contributed by atoms with Gasteiger partial charge in [0.15, 0.2) is 0 Å². The van der Waals surface area contributed by atoms with Gasteiger partial charge in [-0.05, 0) is 41.5 Å². The Morgan fingerprint density at radius 1 is 0.941 bits per heavy atom. The van der Waals surface area contributed by atoms with E-state index in [9.17, 15) is 0 Å². The Morgan fingerprint density at radius 2 is 1.76 bits per heavy atom. The fourth-order valence-electron chi connectivity index (χ4n) is 2.05. The summed E-state index contributed by atoms with van der Waals surface area (Å²) in [6.45, 7) is 2.12. The predicted molar refractivity (Wildman–Crippen MR) is 72.8 cm³/mol. The Labute approximate surface area is 101 Å².